The number of nitrogens with two attached hydrogens (primary N) is 1. The number of imidazole rings is 1. The molecular weight excluding hydrogens is 434 g/mol. The highest BCUT2D eigenvalue weighted by Gasteiger charge is 2.27. The summed E-state index contributed by atoms with van der Waals surface area (Å²) in [7, 11) is 0. The fraction of sp³-hybridized carbons (Fsp3) is 0.300. The molecule has 2 aromatic heterocycles. The summed E-state index contributed by atoms with van der Waals surface area (Å²) in [5.41, 5.74) is 0.970. The molecule has 0 spiro atoms. The molecule has 1 aliphatic heterocycles. The van der Waals surface area contributed by atoms with E-state index in [0.29, 0.717) is 42.5 Å². The second kappa shape index (κ2) is 8.50. The molecule has 1 saturated heterocycles. The third-order valence-electron chi connectivity index (χ3n) is 5.08. The first-order chi connectivity index (χ1) is 14.4. The van der Waals surface area contributed by atoms with Crippen LogP contribution >= 0.6 is 23.5 Å². The molecule has 2 N–H and O–H groups in total. The second-order valence-corrected chi connectivity index (χ2v) is 8.17. The molecule has 0 bridgehead atoms. The minimum atomic E-state index is -0.756. The van der Waals surface area contributed by atoms with Crippen molar-refractivity contribution >= 4 is 35.1 Å². The summed E-state index contributed by atoms with van der Waals surface area (Å²) >= 11 is 6.85. The average molecular weight is 453 g/mol. The van der Waals surface area contributed by atoms with Crippen LogP contribution in [0, 0.1) is 11.6 Å². The minimum Gasteiger partial charge on any atom is -0.374 e. The molecule has 6 nitrogen and oxygen atoms in total. The van der Waals surface area contributed by atoms with E-state index in [1.165, 1.54) is 19.1 Å². The Morgan fingerprint density at radius 1 is 1.37 bits per heavy atom. The third kappa shape index (κ3) is 4.02. The van der Waals surface area contributed by atoms with Gasteiger partial charge < -0.3 is 14.0 Å². The number of aromatic nitrogens is 2. The molecule has 10 heteroatoms. The molecule has 158 valence electrons. The van der Waals surface area contributed by atoms with E-state index >= 15 is 0 Å². The van der Waals surface area contributed by atoms with Gasteiger partial charge in [-0.05, 0) is 30.1 Å². The van der Waals surface area contributed by atoms with Gasteiger partial charge in [0.2, 0.25) is 5.91 Å². The highest BCUT2D eigenvalue weighted by atomic mass is 35.5. The van der Waals surface area contributed by atoms with Crippen molar-refractivity contribution in [2.75, 3.05) is 19.7 Å². The topological polar surface area (TPSA) is 72.9 Å². The van der Waals surface area contributed by atoms with E-state index < -0.39 is 11.6 Å². The second-order valence-electron chi connectivity index (χ2n) is 7.02. The lowest BCUT2D eigenvalue weighted by Gasteiger charge is -2.32. The van der Waals surface area contributed by atoms with Gasteiger partial charge in [-0.15, -0.1) is 0 Å². The monoisotopic (exact) mass is 452 g/mol. The Labute approximate surface area is 181 Å². The van der Waals surface area contributed by atoms with Crippen LogP contribution in [0.2, 0.25) is 5.02 Å². The first-order valence-electron chi connectivity index (χ1n) is 9.27. The van der Waals surface area contributed by atoms with Crippen molar-refractivity contribution in [2.45, 2.75) is 24.3 Å². The summed E-state index contributed by atoms with van der Waals surface area (Å²) in [6.45, 7) is 2.81. The number of nitrogens with zero attached hydrogens (tertiary/aromatic N) is 3. The third-order valence-corrected chi connectivity index (χ3v) is 5.82. The van der Waals surface area contributed by atoms with Crippen LogP contribution in [-0.4, -0.2) is 46.0 Å². The van der Waals surface area contributed by atoms with Crippen molar-refractivity contribution in [3.63, 3.8) is 0 Å². The van der Waals surface area contributed by atoms with E-state index in [-0.39, 0.29) is 28.2 Å². The van der Waals surface area contributed by atoms with Gasteiger partial charge in [-0.3, -0.25) is 9.93 Å². The summed E-state index contributed by atoms with van der Waals surface area (Å²) in [5.74, 6) is -1.55. The number of fused-ring (bicyclic) bond motifs is 1. The molecule has 1 fully saturated rings. The first-order valence-corrected chi connectivity index (χ1v) is 10.5. The van der Waals surface area contributed by atoms with E-state index in [1.54, 1.807) is 27.6 Å². The van der Waals surface area contributed by atoms with E-state index in [4.69, 9.17) is 21.5 Å². The number of carbonyl (C=O) groups is 1. The fourth-order valence-electron chi connectivity index (χ4n) is 3.65. The number of ether oxygens (including phenoxy) is 1. The maximum Gasteiger partial charge on any atom is 0.219 e. The summed E-state index contributed by atoms with van der Waals surface area (Å²) in [5, 5.41) is 5.90. The van der Waals surface area contributed by atoms with Gasteiger partial charge in [-0.1, -0.05) is 11.6 Å². The van der Waals surface area contributed by atoms with Crippen molar-refractivity contribution in [3.8, 4) is 11.3 Å². The summed E-state index contributed by atoms with van der Waals surface area (Å²) in [6, 6.07) is 5.66. The zero-order valence-corrected chi connectivity index (χ0v) is 17.6. The van der Waals surface area contributed by atoms with E-state index in [1.807, 2.05) is 0 Å². The number of rotatable bonds is 4. The Hall–Kier alpha value is -2.20. The lowest BCUT2D eigenvalue weighted by Crippen LogP contribution is -2.45. The van der Waals surface area contributed by atoms with Crippen LogP contribution < -0.4 is 5.14 Å². The standard InChI is InChI=1S/C20H19ClF2N4O2S/c1-11(28)26-4-5-29-13(10-26)7-17-20(25-18-6-12(21)2-3-27(17)18)19-15(22)8-14(30-24)9-16(19)23/h2-3,6,8-9,13H,4-5,7,10,24H2,1H3. The van der Waals surface area contributed by atoms with Crippen LogP contribution in [0.1, 0.15) is 12.6 Å². The predicted octanol–water partition coefficient (Wildman–Crippen LogP) is 3.69. The van der Waals surface area contributed by atoms with Crippen LogP contribution in [0.25, 0.3) is 16.9 Å². The van der Waals surface area contributed by atoms with Crippen molar-refractivity contribution in [3.05, 3.63) is 52.8 Å². The Kier molecular flexibility index (Phi) is 5.97. The molecule has 1 aliphatic rings. The highest BCUT2D eigenvalue weighted by molar-refractivity contribution is 7.97. The Balaban J connectivity index is 1.82. The Morgan fingerprint density at radius 3 is 2.77 bits per heavy atom. The number of pyridine rings is 1. The molecule has 1 atom stereocenters. The molecule has 1 aromatic carbocycles. The smallest absolute Gasteiger partial charge is 0.219 e. The number of amides is 1. The molecule has 0 saturated carbocycles. The van der Waals surface area contributed by atoms with Crippen LogP contribution in [0.3, 0.4) is 0 Å². The van der Waals surface area contributed by atoms with Gasteiger partial charge in [0.15, 0.2) is 0 Å². The van der Waals surface area contributed by atoms with Crippen LogP contribution in [0.15, 0.2) is 35.4 Å². The molecule has 0 radical (unpaired) electrons. The molecule has 1 amide bonds. The SMILES string of the molecule is CC(=O)N1CCOC(Cc2c(-c3c(F)cc(SN)cc3F)nc3cc(Cl)ccn23)C1. The molecule has 30 heavy (non-hydrogen) atoms. The first kappa shape index (κ1) is 21.0. The molecular formula is C20H19ClF2N4O2S. The van der Waals surface area contributed by atoms with Gasteiger partial charge in [0.25, 0.3) is 0 Å². The van der Waals surface area contributed by atoms with Gasteiger partial charge >= 0.3 is 0 Å². The normalized spacial score (nSPS) is 17.0. The van der Waals surface area contributed by atoms with Crippen molar-refractivity contribution < 1.29 is 18.3 Å². The molecule has 3 aromatic rings. The number of hydrogen-bond acceptors (Lipinski definition) is 5. The van der Waals surface area contributed by atoms with Crippen LogP contribution in [0.4, 0.5) is 8.78 Å². The number of hydrogen-bond donors (Lipinski definition) is 1. The van der Waals surface area contributed by atoms with Crippen LogP contribution in [-0.2, 0) is 16.0 Å². The summed E-state index contributed by atoms with van der Waals surface area (Å²) in [4.78, 5) is 18.2. The zero-order chi connectivity index (χ0) is 21.4. The van der Waals surface area contributed by atoms with E-state index in [2.05, 4.69) is 4.98 Å². The highest BCUT2D eigenvalue weighted by Crippen LogP contribution is 2.33. The Bertz CT molecular complexity index is 1100. The van der Waals surface area contributed by atoms with Crippen molar-refractivity contribution in [2.24, 2.45) is 5.14 Å². The number of halogens is 3. The van der Waals surface area contributed by atoms with E-state index in [0.717, 1.165) is 11.9 Å². The zero-order valence-electron chi connectivity index (χ0n) is 16.1. The summed E-state index contributed by atoms with van der Waals surface area (Å²) < 4.78 is 37.3. The average Bonchev–Trinajstić information content (AvgIpc) is 3.04. The van der Waals surface area contributed by atoms with Crippen LogP contribution in [0.5, 0.6) is 0 Å². The minimum absolute atomic E-state index is 0.0413. The van der Waals surface area contributed by atoms with Gasteiger partial charge in [0.05, 0.1) is 29.7 Å². The lowest BCUT2D eigenvalue weighted by atomic mass is 10.0. The van der Waals surface area contributed by atoms with Gasteiger partial charge in [-0.2, -0.15) is 0 Å². The lowest BCUT2D eigenvalue weighted by molar-refractivity contribution is -0.136. The van der Waals surface area contributed by atoms with E-state index in [9.17, 15) is 13.6 Å². The molecule has 4 rings (SSSR count). The number of carbonyl (C=O) groups excluding carboxylic acids is 1. The summed E-state index contributed by atoms with van der Waals surface area (Å²) in [6.07, 6.45) is 1.69. The predicted molar refractivity (Wildman–Crippen MR) is 111 cm³/mol. The maximum absolute atomic E-state index is 14.8. The quantitative estimate of drug-likeness (QED) is 0.611. The van der Waals surface area contributed by atoms with Gasteiger partial charge in [0, 0.05) is 48.6 Å². The molecule has 0 aliphatic carbocycles. The van der Waals surface area contributed by atoms with Gasteiger partial charge in [0.1, 0.15) is 17.3 Å². The molecule has 3 heterocycles. The number of benzene rings is 1. The largest absolute Gasteiger partial charge is 0.374 e. The molecule has 1 unspecified atom stereocenters. The van der Waals surface area contributed by atoms with Gasteiger partial charge in [-0.25, -0.2) is 13.8 Å². The van der Waals surface area contributed by atoms with Crippen molar-refractivity contribution in [1.29, 1.82) is 0 Å². The fourth-order valence-corrected chi connectivity index (χ4v) is 4.15. The number of morpholine rings is 1. The Morgan fingerprint density at radius 2 is 2.10 bits per heavy atom. The maximum atomic E-state index is 14.8. The van der Waals surface area contributed by atoms with Crippen molar-refractivity contribution in [1.82, 2.24) is 14.3 Å².